The van der Waals surface area contributed by atoms with Gasteiger partial charge in [0.25, 0.3) is 0 Å². The summed E-state index contributed by atoms with van der Waals surface area (Å²) >= 11 is 6.16. The molecule has 0 spiro atoms. The number of benzene rings is 2. The number of hydrogen-bond acceptors (Lipinski definition) is 3. The van der Waals surface area contributed by atoms with Crippen LogP contribution < -0.4 is 9.80 Å². The highest BCUT2D eigenvalue weighted by Gasteiger charge is 2.33. The Morgan fingerprint density at radius 3 is 2.66 bits per heavy atom. The van der Waals surface area contributed by atoms with Gasteiger partial charge in [-0.05, 0) is 49.1 Å². The number of rotatable bonds is 2. The molecule has 0 radical (unpaired) electrons. The van der Waals surface area contributed by atoms with Crippen LogP contribution in [-0.4, -0.2) is 30.5 Å². The van der Waals surface area contributed by atoms with Crippen LogP contribution in [0.4, 0.5) is 15.8 Å². The first-order chi connectivity index (χ1) is 14.1. The number of carbonyl (C=O) groups excluding carboxylic acids is 1. The van der Waals surface area contributed by atoms with Crippen LogP contribution in [-0.2, 0) is 11.2 Å². The Bertz CT molecular complexity index is 1090. The lowest BCUT2D eigenvalue weighted by atomic mass is 9.94. The molecule has 0 N–H and O–H groups in total. The van der Waals surface area contributed by atoms with Crippen molar-refractivity contribution in [3.63, 3.8) is 0 Å². The molecule has 148 valence electrons. The van der Waals surface area contributed by atoms with Crippen molar-refractivity contribution in [3.8, 4) is 0 Å². The van der Waals surface area contributed by atoms with E-state index in [2.05, 4.69) is 11.1 Å². The molecule has 6 heteroatoms. The fourth-order valence-corrected chi connectivity index (χ4v) is 4.75. The topological polar surface area (TPSA) is 36.4 Å². The van der Waals surface area contributed by atoms with Gasteiger partial charge in [-0.15, -0.1) is 0 Å². The minimum atomic E-state index is -0.344. The molecule has 1 amide bonds. The van der Waals surface area contributed by atoms with Gasteiger partial charge in [-0.2, -0.15) is 0 Å². The van der Waals surface area contributed by atoms with Gasteiger partial charge in [-0.3, -0.25) is 9.78 Å². The zero-order valence-corrected chi connectivity index (χ0v) is 16.7. The van der Waals surface area contributed by atoms with Crippen LogP contribution in [0, 0.1) is 11.7 Å². The SMILES string of the molecule is O=C(C1CCN(c2ccc3c(Cl)ccnc3c2F)CC1)N1CCc2ccccc21. The van der Waals surface area contributed by atoms with Gasteiger partial charge in [0.1, 0.15) is 5.52 Å². The van der Waals surface area contributed by atoms with E-state index in [0.29, 0.717) is 34.7 Å². The second-order valence-corrected chi connectivity index (χ2v) is 8.12. The molecule has 1 aromatic heterocycles. The zero-order chi connectivity index (χ0) is 20.0. The summed E-state index contributed by atoms with van der Waals surface area (Å²) in [5.74, 6) is -0.168. The average molecular weight is 410 g/mol. The minimum absolute atomic E-state index is 0.0199. The van der Waals surface area contributed by atoms with Crippen molar-refractivity contribution < 1.29 is 9.18 Å². The van der Waals surface area contributed by atoms with Crippen molar-refractivity contribution in [2.75, 3.05) is 29.4 Å². The Morgan fingerprint density at radius 1 is 1.03 bits per heavy atom. The van der Waals surface area contributed by atoms with E-state index in [4.69, 9.17) is 11.6 Å². The molecule has 2 aromatic carbocycles. The number of pyridine rings is 1. The van der Waals surface area contributed by atoms with Crippen LogP contribution in [0.5, 0.6) is 0 Å². The summed E-state index contributed by atoms with van der Waals surface area (Å²) < 4.78 is 15.1. The molecule has 0 atom stereocenters. The number of amides is 1. The van der Waals surface area contributed by atoms with Gasteiger partial charge < -0.3 is 9.80 Å². The Kier molecular flexibility index (Phi) is 4.63. The summed E-state index contributed by atoms with van der Waals surface area (Å²) in [6.45, 7) is 2.05. The molecule has 2 aliphatic rings. The largest absolute Gasteiger partial charge is 0.369 e. The van der Waals surface area contributed by atoms with Crippen molar-refractivity contribution in [3.05, 3.63) is 65.1 Å². The van der Waals surface area contributed by atoms with E-state index in [9.17, 15) is 4.79 Å². The summed E-state index contributed by atoms with van der Waals surface area (Å²) in [7, 11) is 0. The van der Waals surface area contributed by atoms with Crippen LogP contribution in [0.2, 0.25) is 5.02 Å². The number of para-hydroxylation sites is 1. The number of piperidine rings is 1. The molecular weight excluding hydrogens is 389 g/mol. The van der Waals surface area contributed by atoms with E-state index >= 15 is 4.39 Å². The standard InChI is InChI=1S/C23H21ClFN3O/c24-18-7-11-26-22-17(18)5-6-20(21(22)25)27-12-8-16(9-13-27)23(29)28-14-10-15-3-1-2-4-19(15)28/h1-7,11,16H,8-10,12-14H2. The normalized spacial score (nSPS) is 17.0. The van der Waals surface area contributed by atoms with Crippen LogP contribution in [0.1, 0.15) is 18.4 Å². The lowest BCUT2D eigenvalue weighted by molar-refractivity contribution is -0.122. The predicted molar refractivity (Wildman–Crippen MR) is 114 cm³/mol. The van der Waals surface area contributed by atoms with Gasteiger partial charge >= 0.3 is 0 Å². The monoisotopic (exact) mass is 409 g/mol. The molecule has 29 heavy (non-hydrogen) atoms. The molecule has 0 saturated carbocycles. The lowest BCUT2D eigenvalue weighted by Crippen LogP contribution is -2.42. The fraction of sp³-hybridized carbons (Fsp3) is 0.304. The van der Waals surface area contributed by atoms with E-state index in [-0.39, 0.29) is 17.6 Å². The molecule has 0 aliphatic carbocycles. The maximum atomic E-state index is 15.1. The van der Waals surface area contributed by atoms with Gasteiger partial charge in [0.15, 0.2) is 5.82 Å². The fourth-order valence-electron chi connectivity index (χ4n) is 4.54. The smallest absolute Gasteiger partial charge is 0.230 e. The van der Waals surface area contributed by atoms with Gasteiger partial charge in [0, 0.05) is 42.8 Å². The van der Waals surface area contributed by atoms with Crippen LogP contribution in [0.3, 0.4) is 0 Å². The summed E-state index contributed by atoms with van der Waals surface area (Å²) in [6, 6.07) is 13.4. The lowest BCUT2D eigenvalue weighted by Gasteiger charge is -2.35. The Balaban J connectivity index is 1.32. The third kappa shape index (κ3) is 3.14. The van der Waals surface area contributed by atoms with Crippen LogP contribution in [0.15, 0.2) is 48.7 Å². The highest BCUT2D eigenvalue weighted by molar-refractivity contribution is 6.35. The van der Waals surface area contributed by atoms with Crippen molar-refractivity contribution in [1.82, 2.24) is 4.98 Å². The number of halogens is 2. The Morgan fingerprint density at radius 2 is 1.83 bits per heavy atom. The summed E-state index contributed by atoms with van der Waals surface area (Å²) in [5.41, 5.74) is 3.11. The number of aromatic nitrogens is 1. The van der Waals surface area contributed by atoms with Gasteiger partial charge in [-0.1, -0.05) is 29.8 Å². The molecule has 2 aliphatic heterocycles. The molecule has 3 aromatic rings. The molecule has 1 saturated heterocycles. The van der Waals surface area contributed by atoms with E-state index in [0.717, 1.165) is 31.5 Å². The quantitative estimate of drug-likeness (QED) is 0.608. The van der Waals surface area contributed by atoms with Crippen molar-refractivity contribution in [2.24, 2.45) is 5.92 Å². The number of anilines is 2. The van der Waals surface area contributed by atoms with Crippen molar-refractivity contribution >= 4 is 39.8 Å². The van der Waals surface area contributed by atoms with Crippen LogP contribution in [0.25, 0.3) is 10.9 Å². The van der Waals surface area contributed by atoms with Gasteiger partial charge in [0.05, 0.1) is 10.7 Å². The number of nitrogens with zero attached hydrogens (tertiary/aromatic N) is 3. The first-order valence-electron chi connectivity index (χ1n) is 10.0. The first kappa shape index (κ1) is 18.4. The zero-order valence-electron chi connectivity index (χ0n) is 15.9. The third-order valence-electron chi connectivity index (χ3n) is 6.12. The second-order valence-electron chi connectivity index (χ2n) is 7.72. The number of hydrogen-bond donors (Lipinski definition) is 0. The summed E-state index contributed by atoms with van der Waals surface area (Å²) in [6.07, 6.45) is 3.88. The van der Waals surface area contributed by atoms with E-state index < -0.39 is 0 Å². The highest BCUT2D eigenvalue weighted by Crippen LogP contribution is 2.34. The highest BCUT2D eigenvalue weighted by atomic mass is 35.5. The van der Waals surface area contributed by atoms with Gasteiger partial charge in [-0.25, -0.2) is 4.39 Å². The number of fused-ring (bicyclic) bond motifs is 2. The predicted octanol–water partition coefficient (Wildman–Crippen LogP) is 4.83. The summed E-state index contributed by atoms with van der Waals surface area (Å²) in [4.78, 5) is 21.2. The van der Waals surface area contributed by atoms with E-state index in [1.54, 1.807) is 12.1 Å². The first-order valence-corrected chi connectivity index (χ1v) is 10.4. The third-order valence-corrected chi connectivity index (χ3v) is 6.45. The minimum Gasteiger partial charge on any atom is -0.369 e. The van der Waals surface area contributed by atoms with E-state index in [1.165, 1.54) is 11.8 Å². The Labute approximate surface area is 173 Å². The van der Waals surface area contributed by atoms with Crippen molar-refractivity contribution in [2.45, 2.75) is 19.3 Å². The molecule has 0 bridgehead atoms. The maximum absolute atomic E-state index is 15.1. The summed E-state index contributed by atoms with van der Waals surface area (Å²) in [5, 5.41) is 1.11. The Hall–Kier alpha value is -2.66. The number of carbonyl (C=O) groups is 1. The maximum Gasteiger partial charge on any atom is 0.230 e. The molecule has 0 unspecified atom stereocenters. The van der Waals surface area contributed by atoms with Gasteiger partial charge in [0.2, 0.25) is 5.91 Å². The average Bonchev–Trinajstić information content (AvgIpc) is 3.18. The molecular formula is C23H21ClFN3O. The molecule has 1 fully saturated rings. The van der Waals surface area contributed by atoms with Crippen LogP contribution >= 0.6 is 11.6 Å². The molecule has 5 rings (SSSR count). The van der Waals surface area contributed by atoms with Crippen molar-refractivity contribution in [1.29, 1.82) is 0 Å². The molecule has 4 nitrogen and oxygen atoms in total. The second kappa shape index (κ2) is 7.30. The molecule has 3 heterocycles. The van der Waals surface area contributed by atoms with E-state index in [1.807, 2.05) is 34.1 Å².